The summed E-state index contributed by atoms with van der Waals surface area (Å²) < 4.78 is 6.25. The first-order valence-electron chi connectivity index (χ1n) is 18.4. The van der Waals surface area contributed by atoms with Gasteiger partial charge < -0.3 is 9.32 Å². The second kappa shape index (κ2) is 13.4. The molecule has 0 aliphatic heterocycles. The summed E-state index contributed by atoms with van der Waals surface area (Å²) in [6.45, 7) is 0. The predicted molar refractivity (Wildman–Crippen MR) is 228 cm³/mol. The lowest BCUT2D eigenvalue weighted by Gasteiger charge is -2.29. The van der Waals surface area contributed by atoms with Crippen molar-refractivity contribution in [2.45, 2.75) is 0 Å². The van der Waals surface area contributed by atoms with Gasteiger partial charge in [0.05, 0.1) is 5.69 Å². The third-order valence-electron chi connectivity index (χ3n) is 10.5. The number of nitrogens with zero attached hydrogens (tertiary/aromatic N) is 1. The van der Waals surface area contributed by atoms with Gasteiger partial charge in [0.2, 0.25) is 0 Å². The van der Waals surface area contributed by atoms with Crippen LogP contribution in [0.15, 0.2) is 217 Å². The standard InChI is InChI=1S/C52H35NO/c1-2-16-37(17-3-1)42-19-6-7-20-44(42)45-21-8-9-22-46(45)47-23-10-12-26-49(47)53(41-34-29-36-15-4-5-18-39(36)35-41)40-32-30-38(31-33-40)43-25-14-28-51-52(43)48-24-11-13-27-50(48)54-51/h1-35H. The first kappa shape index (κ1) is 31.6. The molecular formula is C52H35NO. The van der Waals surface area contributed by atoms with E-state index in [2.05, 4.69) is 205 Å². The zero-order valence-electron chi connectivity index (χ0n) is 29.6. The fraction of sp³-hybridized carbons (Fsp3) is 0. The number of para-hydroxylation sites is 2. The van der Waals surface area contributed by atoms with Gasteiger partial charge in [0.1, 0.15) is 11.2 Å². The van der Waals surface area contributed by atoms with Gasteiger partial charge in [-0.25, -0.2) is 0 Å². The number of hydrogen-bond acceptors (Lipinski definition) is 2. The quantitative estimate of drug-likeness (QED) is 0.166. The van der Waals surface area contributed by atoms with Crippen molar-refractivity contribution in [1.82, 2.24) is 0 Å². The molecule has 0 aliphatic rings. The van der Waals surface area contributed by atoms with Crippen LogP contribution in [0.25, 0.3) is 77.2 Å². The third kappa shape index (κ3) is 5.53. The van der Waals surface area contributed by atoms with Crippen LogP contribution in [-0.2, 0) is 0 Å². The molecule has 0 atom stereocenters. The van der Waals surface area contributed by atoms with Crippen molar-refractivity contribution in [1.29, 1.82) is 0 Å². The summed E-state index contributed by atoms with van der Waals surface area (Å²) >= 11 is 0. The first-order chi connectivity index (χ1) is 26.8. The van der Waals surface area contributed by atoms with Crippen molar-refractivity contribution in [2.75, 3.05) is 4.90 Å². The Bertz CT molecular complexity index is 2940. The van der Waals surface area contributed by atoms with Crippen LogP contribution in [0.2, 0.25) is 0 Å². The minimum absolute atomic E-state index is 0.900. The van der Waals surface area contributed by atoms with E-state index >= 15 is 0 Å². The van der Waals surface area contributed by atoms with Crippen LogP contribution in [0.5, 0.6) is 0 Å². The van der Waals surface area contributed by atoms with Crippen molar-refractivity contribution < 1.29 is 4.42 Å². The molecule has 0 saturated heterocycles. The van der Waals surface area contributed by atoms with Crippen LogP contribution < -0.4 is 4.90 Å². The van der Waals surface area contributed by atoms with E-state index in [1.165, 1.54) is 38.6 Å². The molecule has 10 rings (SSSR count). The lowest BCUT2D eigenvalue weighted by molar-refractivity contribution is 0.669. The zero-order chi connectivity index (χ0) is 35.8. The number of hydrogen-bond donors (Lipinski definition) is 0. The summed E-state index contributed by atoms with van der Waals surface area (Å²) in [7, 11) is 0. The summed E-state index contributed by atoms with van der Waals surface area (Å²) in [6, 6.07) is 76.0. The number of rotatable bonds is 7. The van der Waals surface area contributed by atoms with Gasteiger partial charge in [-0.1, -0.05) is 170 Å². The maximum absolute atomic E-state index is 6.25. The Labute approximate surface area is 314 Å². The third-order valence-corrected chi connectivity index (χ3v) is 10.5. The van der Waals surface area contributed by atoms with Gasteiger partial charge in [-0.3, -0.25) is 0 Å². The summed E-state index contributed by atoms with van der Waals surface area (Å²) in [5.41, 5.74) is 14.5. The van der Waals surface area contributed by atoms with E-state index in [0.29, 0.717) is 0 Å². The summed E-state index contributed by atoms with van der Waals surface area (Å²) in [5.74, 6) is 0. The zero-order valence-corrected chi connectivity index (χ0v) is 29.6. The van der Waals surface area contributed by atoms with E-state index in [1.54, 1.807) is 0 Å². The highest BCUT2D eigenvalue weighted by molar-refractivity contribution is 6.12. The number of fused-ring (bicyclic) bond motifs is 4. The molecule has 0 saturated carbocycles. The molecule has 2 nitrogen and oxygen atoms in total. The Hall–Kier alpha value is -7.16. The molecule has 0 radical (unpaired) electrons. The van der Waals surface area contributed by atoms with Gasteiger partial charge in [0.25, 0.3) is 0 Å². The maximum atomic E-state index is 6.25. The minimum atomic E-state index is 0.900. The van der Waals surface area contributed by atoms with Crippen molar-refractivity contribution in [3.05, 3.63) is 212 Å². The van der Waals surface area contributed by atoms with Crippen LogP contribution in [0.1, 0.15) is 0 Å². The Balaban J connectivity index is 1.15. The lowest BCUT2D eigenvalue weighted by Crippen LogP contribution is -2.11. The van der Waals surface area contributed by atoms with Gasteiger partial charge in [-0.2, -0.15) is 0 Å². The van der Waals surface area contributed by atoms with Crippen molar-refractivity contribution in [2.24, 2.45) is 0 Å². The molecule has 0 bridgehead atoms. The van der Waals surface area contributed by atoms with Crippen molar-refractivity contribution in [3.63, 3.8) is 0 Å². The number of benzene rings is 9. The molecule has 1 aromatic heterocycles. The van der Waals surface area contributed by atoms with E-state index in [0.717, 1.165) is 55.7 Å². The molecule has 2 heteroatoms. The van der Waals surface area contributed by atoms with Crippen molar-refractivity contribution >= 4 is 49.8 Å². The fourth-order valence-corrected chi connectivity index (χ4v) is 7.98. The molecule has 1 heterocycles. The van der Waals surface area contributed by atoms with E-state index < -0.39 is 0 Å². The van der Waals surface area contributed by atoms with Gasteiger partial charge in [0, 0.05) is 27.7 Å². The van der Waals surface area contributed by atoms with E-state index in [1.807, 2.05) is 12.1 Å². The summed E-state index contributed by atoms with van der Waals surface area (Å²) in [4.78, 5) is 2.40. The fourth-order valence-electron chi connectivity index (χ4n) is 7.98. The Morgan fingerprint density at radius 1 is 0.315 bits per heavy atom. The van der Waals surface area contributed by atoms with Gasteiger partial charge >= 0.3 is 0 Å². The van der Waals surface area contributed by atoms with Crippen LogP contribution in [0, 0.1) is 0 Å². The normalized spacial score (nSPS) is 11.3. The maximum Gasteiger partial charge on any atom is 0.136 e. The van der Waals surface area contributed by atoms with Crippen molar-refractivity contribution in [3.8, 4) is 44.5 Å². The topological polar surface area (TPSA) is 16.4 Å². The molecular weight excluding hydrogens is 655 g/mol. The van der Waals surface area contributed by atoms with Crippen LogP contribution in [-0.4, -0.2) is 0 Å². The van der Waals surface area contributed by atoms with Crippen LogP contribution >= 0.6 is 0 Å². The largest absolute Gasteiger partial charge is 0.456 e. The van der Waals surface area contributed by atoms with E-state index in [4.69, 9.17) is 4.42 Å². The van der Waals surface area contributed by atoms with E-state index in [-0.39, 0.29) is 0 Å². The minimum Gasteiger partial charge on any atom is -0.456 e. The predicted octanol–water partition coefficient (Wildman–Crippen LogP) is 14.9. The lowest BCUT2D eigenvalue weighted by atomic mass is 9.88. The molecule has 0 spiro atoms. The Kier molecular flexibility index (Phi) is 7.85. The Morgan fingerprint density at radius 2 is 0.852 bits per heavy atom. The summed E-state index contributed by atoms with van der Waals surface area (Å²) in [6.07, 6.45) is 0. The van der Waals surface area contributed by atoms with Crippen LogP contribution in [0.3, 0.4) is 0 Å². The highest BCUT2D eigenvalue weighted by atomic mass is 16.3. The molecule has 54 heavy (non-hydrogen) atoms. The molecule has 254 valence electrons. The number of anilines is 3. The second-order valence-electron chi connectivity index (χ2n) is 13.7. The van der Waals surface area contributed by atoms with Gasteiger partial charge in [-0.05, 0) is 92.2 Å². The van der Waals surface area contributed by atoms with Gasteiger partial charge in [-0.15, -0.1) is 0 Å². The molecule has 0 aliphatic carbocycles. The molecule has 10 aromatic rings. The monoisotopic (exact) mass is 689 g/mol. The smallest absolute Gasteiger partial charge is 0.136 e. The highest BCUT2D eigenvalue weighted by Crippen LogP contribution is 2.46. The van der Waals surface area contributed by atoms with Gasteiger partial charge in [0.15, 0.2) is 0 Å². The average Bonchev–Trinajstić information content (AvgIpc) is 3.64. The molecule has 0 N–H and O–H groups in total. The van der Waals surface area contributed by atoms with E-state index in [9.17, 15) is 0 Å². The van der Waals surface area contributed by atoms with Crippen LogP contribution in [0.4, 0.5) is 17.1 Å². The second-order valence-corrected chi connectivity index (χ2v) is 13.7. The number of furan rings is 1. The molecule has 9 aromatic carbocycles. The summed E-state index contributed by atoms with van der Waals surface area (Å²) in [5, 5.41) is 4.69. The SMILES string of the molecule is c1ccc(-c2ccccc2-c2ccccc2-c2ccccc2N(c2ccc(-c3cccc4oc5ccccc5c34)cc2)c2ccc3ccccc3c2)cc1. The first-order valence-corrected chi connectivity index (χ1v) is 18.4. The molecule has 0 fully saturated rings. The Morgan fingerprint density at radius 3 is 1.65 bits per heavy atom. The average molecular weight is 690 g/mol. The molecule has 0 amide bonds. The molecule has 0 unspecified atom stereocenters. The highest BCUT2D eigenvalue weighted by Gasteiger charge is 2.21.